The van der Waals surface area contributed by atoms with Crippen LogP contribution >= 0.6 is 11.6 Å². The SMILES string of the molecule is CN(C)C(=O)c1cc(Cl)ccc1[N+](=O)[O-].COC(=O)C(C)c1ccc([N+](=O)[O-])c(C(=O)N(C)C)c1. The van der Waals surface area contributed by atoms with E-state index in [-0.39, 0.29) is 22.5 Å². The summed E-state index contributed by atoms with van der Waals surface area (Å²) in [6.45, 7) is 1.61. The van der Waals surface area contributed by atoms with E-state index >= 15 is 0 Å². The van der Waals surface area contributed by atoms with Crippen molar-refractivity contribution in [2.24, 2.45) is 0 Å². The Morgan fingerprint density at radius 3 is 1.69 bits per heavy atom. The third-order valence-corrected chi connectivity index (χ3v) is 4.94. The van der Waals surface area contributed by atoms with Gasteiger partial charge in [-0.15, -0.1) is 0 Å². The van der Waals surface area contributed by atoms with Crippen molar-refractivity contribution in [3.05, 3.63) is 78.3 Å². The van der Waals surface area contributed by atoms with Crippen molar-refractivity contribution >= 4 is 40.8 Å². The molecule has 2 aromatic rings. The smallest absolute Gasteiger partial charge is 0.312 e. The Hall–Kier alpha value is -4.06. The molecule has 0 aliphatic rings. The Balaban J connectivity index is 0.000000365. The molecule has 2 rings (SSSR count). The van der Waals surface area contributed by atoms with E-state index in [0.717, 1.165) is 0 Å². The number of carbonyl (C=O) groups is 3. The van der Waals surface area contributed by atoms with Gasteiger partial charge in [-0.05, 0) is 30.7 Å². The highest BCUT2D eigenvalue weighted by molar-refractivity contribution is 6.31. The topological polar surface area (TPSA) is 153 Å². The molecular formula is C22H25ClN4O8. The minimum atomic E-state index is -0.622. The number of rotatable bonds is 6. The van der Waals surface area contributed by atoms with E-state index in [1.165, 1.54) is 81.5 Å². The second-order valence-corrected chi connectivity index (χ2v) is 8.03. The molecule has 2 aromatic carbocycles. The van der Waals surface area contributed by atoms with E-state index in [2.05, 4.69) is 4.74 Å². The van der Waals surface area contributed by atoms with Gasteiger partial charge < -0.3 is 14.5 Å². The van der Waals surface area contributed by atoms with Crippen LogP contribution in [0.5, 0.6) is 0 Å². The van der Waals surface area contributed by atoms with Crippen molar-refractivity contribution in [1.82, 2.24) is 9.80 Å². The molecule has 0 radical (unpaired) electrons. The van der Waals surface area contributed by atoms with Crippen LogP contribution in [-0.4, -0.2) is 72.7 Å². The largest absolute Gasteiger partial charge is 0.469 e. The molecule has 0 saturated heterocycles. The highest BCUT2D eigenvalue weighted by Crippen LogP contribution is 2.26. The number of amides is 2. The van der Waals surface area contributed by atoms with Gasteiger partial charge in [0.15, 0.2) is 0 Å². The predicted molar refractivity (Wildman–Crippen MR) is 128 cm³/mol. The summed E-state index contributed by atoms with van der Waals surface area (Å²) in [5.74, 6) is -2.00. The molecule has 0 bridgehead atoms. The van der Waals surface area contributed by atoms with Gasteiger partial charge in [0.2, 0.25) is 0 Å². The van der Waals surface area contributed by atoms with Gasteiger partial charge in [0.25, 0.3) is 23.2 Å². The Kier molecular flexibility index (Phi) is 10.3. The number of nitrogens with zero attached hydrogens (tertiary/aromatic N) is 4. The molecule has 1 unspecified atom stereocenters. The molecule has 0 N–H and O–H groups in total. The molecule has 0 fully saturated rings. The average molecular weight is 509 g/mol. The molecule has 13 heteroatoms. The molecule has 188 valence electrons. The standard InChI is InChI=1S/C13H16N2O5.C9H9ClN2O3/c1-8(13(17)20-4)9-5-6-11(15(18)19)10(7-9)12(16)14(2)3;1-11(2)9(13)7-5-6(10)3-4-8(7)12(14)15/h5-8H,1-4H3;3-5H,1-2H3. The fourth-order valence-electron chi connectivity index (χ4n) is 2.79. The molecule has 0 aromatic heterocycles. The van der Waals surface area contributed by atoms with Gasteiger partial charge >= 0.3 is 5.97 Å². The summed E-state index contributed by atoms with van der Waals surface area (Å²) in [6.07, 6.45) is 0. The summed E-state index contributed by atoms with van der Waals surface area (Å²) < 4.78 is 4.62. The fourth-order valence-corrected chi connectivity index (χ4v) is 2.96. The Morgan fingerprint density at radius 1 is 0.857 bits per heavy atom. The monoisotopic (exact) mass is 508 g/mol. The number of hydrogen-bond donors (Lipinski definition) is 0. The molecule has 0 spiro atoms. The fraction of sp³-hybridized carbons (Fsp3) is 0.318. The van der Waals surface area contributed by atoms with Gasteiger partial charge in [0.1, 0.15) is 11.1 Å². The van der Waals surface area contributed by atoms with Crippen LogP contribution in [0.1, 0.15) is 39.1 Å². The number of nitro groups is 2. The van der Waals surface area contributed by atoms with Crippen LogP contribution in [0.4, 0.5) is 11.4 Å². The quantitative estimate of drug-likeness (QED) is 0.326. The summed E-state index contributed by atoms with van der Waals surface area (Å²) in [7, 11) is 7.31. The van der Waals surface area contributed by atoms with Crippen molar-refractivity contribution in [1.29, 1.82) is 0 Å². The lowest BCUT2D eigenvalue weighted by atomic mass is 9.97. The predicted octanol–water partition coefficient (Wildman–Crippen LogP) is 3.52. The zero-order chi connectivity index (χ0) is 27.0. The highest BCUT2D eigenvalue weighted by Gasteiger charge is 2.25. The van der Waals surface area contributed by atoms with Crippen LogP contribution in [0.2, 0.25) is 5.02 Å². The molecule has 0 heterocycles. The van der Waals surface area contributed by atoms with Gasteiger partial charge in [-0.3, -0.25) is 34.6 Å². The molecular weight excluding hydrogens is 484 g/mol. The summed E-state index contributed by atoms with van der Waals surface area (Å²) in [5.41, 5.74) is -0.0824. The molecule has 1 atom stereocenters. The van der Waals surface area contributed by atoms with Crippen LogP contribution in [0.15, 0.2) is 36.4 Å². The number of benzene rings is 2. The Labute approximate surface area is 206 Å². The molecule has 0 aliphatic carbocycles. The lowest BCUT2D eigenvalue weighted by molar-refractivity contribution is -0.385. The van der Waals surface area contributed by atoms with Crippen LogP contribution in [0.3, 0.4) is 0 Å². The minimum absolute atomic E-state index is 0.00231. The van der Waals surface area contributed by atoms with Crippen LogP contribution < -0.4 is 0 Å². The number of halogens is 1. The van der Waals surface area contributed by atoms with Crippen molar-refractivity contribution in [2.75, 3.05) is 35.3 Å². The average Bonchev–Trinajstić information content (AvgIpc) is 2.81. The van der Waals surface area contributed by atoms with Gasteiger partial charge in [-0.25, -0.2) is 0 Å². The number of hydrogen-bond acceptors (Lipinski definition) is 8. The maximum absolute atomic E-state index is 12.0. The molecule has 0 aliphatic heterocycles. The first kappa shape index (κ1) is 29.0. The number of ether oxygens (including phenoxy) is 1. The zero-order valence-electron chi connectivity index (χ0n) is 20.0. The highest BCUT2D eigenvalue weighted by atomic mass is 35.5. The zero-order valence-corrected chi connectivity index (χ0v) is 20.7. The molecule has 35 heavy (non-hydrogen) atoms. The summed E-state index contributed by atoms with van der Waals surface area (Å²) in [4.78, 5) is 58.0. The van der Waals surface area contributed by atoms with Crippen LogP contribution in [-0.2, 0) is 9.53 Å². The van der Waals surface area contributed by atoms with E-state index in [4.69, 9.17) is 11.6 Å². The van der Waals surface area contributed by atoms with E-state index < -0.39 is 33.5 Å². The van der Waals surface area contributed by atoms with Gasteiger partial charge in [0.05, 0.1) is 22.9 Å². The third kappa shape index (κ3) is 7.47. The molecule has 0 saturated carbocycles. The number of esters is 1. The molecule has 12 nitrogen and oxygen atoms in total. The second kappa shape index (κ2) is 12.4. The first-order valence-electron chi connectivity index (χ1n) is 9.96. The van der Waals surface area contributed by atoms with Crippen LogP contribution in [0, 0.1) is 20.2 Å². The van der Waals surface area contributed by atoms with Gasteiger partial charge in [0, 0.05) is 45.3 Å². The van der Waals surface area contributed by atoms with Crippen molar-refractivity contribution in [3.63, 3.8) is 0 Å². The summed E-state index contributed by atoms with van der Waals surface area (Å²) >= 11 is 5.68. The van der Waals surface area contributed by atoms with Crippen LogP contribution in [0.25, 0.3) is 0 Å². The molecule has 2 amide bonds. The van der Waals surface area contributed by atoms with E-state index in [9.17, 15) is 34.6 Å². The van der Waals surface area contributed by atoms with Gasteiger partial charge in [-0.1, -0.05) is 17.7 Å². The normalized spacial score (nSPS) is 10.8. The van der Waals surface area contributed by atoms with Crippen molar-refractivity contribution in [3.8, 4) is 0 Å². The first-order valence-corrected chi connectivity index (χ1v) is 10.3. The third-order valence-electron chi connectivity index (χ3n) is 4.70. The number of methoxy groups -OCH3 is 1. The maximum Gasteiger partial charge on any atom is 0.312 e. The Bertz CT molecular complexity index is 1150. The van der Waals surface area contributed by atoms with E-state index in [1.807, 2.05) is 0 Å². The van der Waals surface area contributed by atoms with Crippen molar-refractivity contribution in [2.45, 2.75) is 12.8 Å². The van der Waals surface area contributed by atoms with E-state index in [1.54, 1.807) is 6.92 Å². The number of carbonyl (C=O) groups excluding carboxylic acids is 3. The maximum atomic E-state index is 12.0. The lowest BCUT2D eigenvalue weighted by Crippen LogP contribution is -2.23. The Morgan fingerprint density at radius 2 is 1.29 bits per heavy atom. The van der Waals surface area contributed by atoms with Crippen molar-refractivity contribution < 1.29 is 29.0 Å². The first-order chi connectivity index (χ1) is 16.2. The van der Waals surface area contributed by atoms with E-state index in [0.29, 0.717) is 10.6 Å². The minimum Gasteiger partial charge on any atom is -0.469 e. The summed E-state index contributed by atoms with van der Waals surface area (Å²) in [6, 6.07) is 7.94. The lowest BCUT2D eigenvalue weighted by Gasteiger charge is -2.14. The summed E-state index contributed by atoms with van der Waals surface area (Å²) in [5, 5.41) is 21.9. The second-order valence-electron chi connectivity index (χ2n) is 7.60. The van der Waals surface area contributed by atoms with Gasteiger partial charge in [-0.2, -0.15) is 0 Å². The number of nitro benzene ring substituents is 2.